The molecule has 0 amide bonds. The number of allylic oxidation sites excluding steroid dienone is 2. The summed E-state index contributed by atoms with van der Waals surface area (Å²) in [6, 6.07) is 0. The summed E-state index contributed by atoms with van der Waals surface area (Å²) in [5, 5.41) is 27.4. The van der Waals surface area contributed by atoms with Crippen LogP contribution >= 0.6 is 7.82 Å². The molecule has 0 spiro atoms. The van der Waals surface area contributed by atoms with Gasteiger partial charge in [-0.25, -0.2) is 4.57 Å². The van der Waals surface area contributed by atoms with Gasteiger partial charge in [0.15, 0.2) is 0 Å². The summed E-state index contributed by atoms with van der Waals surface area (Å²) >= 11 is 0. The van der Waals surface area contributed by atoms with Crippen LogP contribution in [0.1, 0.15) is 96.8 Å². The summed E-state index contributed by atoms with van der Waals surface area (Å²) in [5.74, 6) is -0.439. The Morgan fingerprint density at radius 1 is 0.794 bits per heavy atom. The highest BCUT2D eigenvalue weighted by molar-refractivity contribution is 7.47. The first-order valence-electron chi connectivity index (χ1n) is 12.7. The highest BCUT2D eigenvalue weighted by atomic mass is 31.2. The summed E-state index contributed by atoms with van der Waals surface area (Å²) in [6.07, 6.45) is 17.5. The Kier molecular flexibility index (Phi) is 22.1. The lowest BCUT2D eigenvalue weighted by Gasteiger charge is -2.16. The highest BCUT2D eigenvalue weighted by Crippen LogP contribution is 2.43. The molecule has 2 unspecified atom stereocenters. The van der Waals surface area contributed by atoms with Crippen LogP contribution in [-0.2, 0) is 23.1 Å². The van der Waals surface area contributed by atoms with Gasteiger partial charge in [-0.15, -0.1) is 0 Å². The number of aliphatic hydroxyl groups excluding tert-OH is 3. The van der Waals surface area contributed by atoms with Crippen molar-refractivity contribution in [1.29, 1.82) is 0 Å². The molecule has 0 bridgehead atoms. The van der Waals surface area contributed by atoms with Crippen molar-refractivity contribution in [1.82, 2.24) is 0 Å². The van der Waals surface area contributed by atoms with Crippen molar-refractivity contribution in [2.75, 3.05) is 26.4 Å². The molecule has 0 radical (unpaired) electrons. The standard InChI is InChI=1S/C24H47O9P/c1-2-3-4-5-6-7-8-9-10-11-12-13-14-15-16-17-24(28)31-19-23(27)21-33-34(29,30)32-20-22(26)18-25/h9-10,22-23,25-27H,2-8,11-21H2,1H3,(H,29,30)/b10-9+/t22?,23-/m1/s1. The van der Waals surface area contributed by atoms with E-state index in [1.54, 1.807) is 0 Å². The molecule has 0 rings (SSSR count). The molecule has 0 aliphatic rings. The fourth-order valence-electron chi connectivity index (χ4n) is 3.10. The number of esters is 1. The first-order valence-corrected chi connectivity index (χ1v) is 14.2. The Bertz CT molecular complexity index is 557. The second-order valence-electron chi connectivity index (χ2n) is 8.57. The van der Waals surface area contributed by atoms with Gasteiger partial charge in [0, 0.05) is 6.42 Å². The van der Waals surface area contributed by atoms with Gasteiger partial charge < -0.3 is 24.9 Å². The van der Waals surface area contributed by atoms with Crippen LogP contribution in [0.25, 0.3) is 0 Å². The van der Waals surface area contributed by atoms with Gasteiger partial charge in [-0.1, -0.05) is 70.4 Å². The number of unbranched alkanes of at least 4 members (excludes halogenated alkanes) is 11. The van der Waals surface area contributed by atoms with Crippen LogP contribution in [0, 0.1) is 0 Å². The van der Waals surface area contributed by atoms with Gasteiger partial charge in [0.25, 0.3) is 0 Å². The first kappa shape index (κ1) is 33.2. The van der Waals surface area contributed by atoms with Crippen molar-refractivity contribution in [3.8, 4) is 0 Å². The van der Waals surface area contributed by atoms with Crippen molar-refractivity contribution in [3.63, 3.8) is 0 Å². The fraction of sp³-hybridized carbons (Fsp3) is 0.875. The van der Waals surface area contributed by atoms with Gasteiger partial charge >= 0.3 is 13.8 Å². The lowest BCUT2D eigenvalue weighted by atomic mass is 10.1. The molecule has 202 valence electrons. The summed E-state index contributed by atoms with van der Waals surface area (Å²) in [6.45, 7) is 0.0769. The SMILES string of the molecule is CCCCCCCC/C=C/CCCCCCCC(=O)OC[C@@H](O)COP(=O)(O)OCC(O)CO. The van der Waals surface area contributed by atoms with E-state index in [0.29, 0.717) is 6.42 Å². The number of carbonyl (C=O) groups is 1. The predicted octanol–water partition coefficient (Wildman–Crippen LogP) is 4.41. The molecular formula is C24H47O9P. The molecule has 0 aliphatic carbocycles. The van der Waals surface area contributed by atoms with Crippen molar-refractivity contribution in [3.05, 3.63) is 12.2 Å². The van der Waals surface area contributed by atoms with Gasteiger partial charge in [0.05, 0.1) is 19.8 Å². The van der Waals surface area contributed by atoms with Crippen LogP contribution in [0.2, 0.25) is 0 Å². The van der Waals surface area contributed by atoms with Gasteiger partial charge in [0.1, 0.15) is 18.8 Å². The van der Waals surface area contributed by atoms with Crippen LogP contribution < -0.4 is 0 Å². The zero-order chi connectivity index (χ0) is 25.5. The maximum atomic E-state index is 11.7. The van der Waals surface area contributed by atoms with E-state index < -0.39 is 45.8 Å². The van der Waals surface area contributed by atoms with E-state index in [1.807, 2.05) is 0 Å². The number of carbonyl (C=O) groups excluding carboxylic acids is 1. The lowest BCUT2D eigenvalue weighted by molar-refractivity contribution is -0.147. The Morgan fingerprint density at radius 3 is 1.85 bits per heavy atom. The van der Waals surface area contributed by atoms with Gasteiger partial charge in [-0.3, -0.25) is 13.8 Å². The molecule has 0 heterocycles. The third kappa shape index (κ3) is 23.0. The number of hydrogen-bond acceptors (Lipinski definition) is 8. The summed E-state index contributed by atoms with van der Waals surface area (Å²) < 4.78 is 25.5. The molecule has 0 fully saturated rings. The van der Waals surface area contributed by atoms with Crippen molar-refractivity contribution in [2.24, 2.45) is 0 Å². The smallest absolute Gasteiger partial charge is 0.463 e. The van der Waals surface area contributed by atoms with Crippen LogP contribution in [0.15, 0.2) is 12.2 Å². The molecule has 4 N–H and O–H groups in total. The van der Waals surface area contributed by atoms with E-state index >= 15 is 0 Å². The average molecular weight is 511 g/mol. The van der Waals surface area contributed by atoms with Crippen LogP contribution in [0.5, 0.6) is 0 Å². The second-order valence-corrected chi connectivity index (χ2v) is 10.0. The molecule has 0 saturated carbocycles. The molecular weight excluding hydrogens is 463 g/mol. The fourth-order valence-corrected chi connectivity index (χ4v) is 3.90. The molecule has 9 nitrogen and oxygen atoms in total. The molecule has 10 heteroatoms. The molecule has 0 aromatic carbocycles. The quantitative estimate of drug-likeness (QED) is 0.0642. The van der Waals surface area contributed by atoms with Crippen LogP contribution in [0.3, 0.4) is 0 Å². The van der Waals surface area contributed by atoms with E-state index in [2.05, 4.69) is 28.1 Å². The second kappa shape index (κ2) is 22.7. The zero-order valence-electron chi connectivity index (χ0n) is 20.8. The van der Waals surface area contributed by atoms with Crippen molar-refractivity contribution < 1.29 is 43.4 Å². The minimum absolute atomic E-state index is 0.256. The molecule has 34 heavy (non-hydrogen) atoms. The normalized spacial score (nSPS) is 15.3. The Hall–Kier alpha value is -0.800. The minimum atomic E-state index is -4.48. The Labute approximate surface area is 205 Å². The minimum Gasteiger partial charge on any atom is -0.463 e. The molecule has 0 aromatic heterocycles. The third-order valence-electron chi connectivity index (χ3n) is 5.15. The number of ether oxygens (including phenoxy) is 1. The van der Waals surface area contributed by atoms with E-state index in [1.165, 1.54) is 44.9 Å². The van der Waals surface area contributed by atoms with Crippen molar-refractivity contribution in [2.45, 2.75) is 109 Å². The monoisotopic (exact) mass is 510 g/mol. The molecule has 0 aliphatic heterocycles. The van der Waals surface area contributed by atoms with Crippen LogP contribution in [-0.4, -0.2) is 64.8 Å². The van der Waals surface area contributed by atoms with E-state index in [9.17, 15) is 19.4 Å². The summed E-state index contributed by atoms with van der Waals surface area (Å²) in [5.41, 5.74) is 0. The van der Waals surface area contributed by atoms with E-state index in [4.69, 9.17) is 14.9 Å². The van der Waals surface area contributed by atoms with Gasteiger partial charge in [0.2, 0.25) is 0 Å². The third-order valence-corrected chi connectivity index (χ3v) is 6.10. The van der Waals surface area contributed by atoms with E-state index in [-0.39, 0.29) is 13.0 Å². The number of aliphatic hydroxyl groups is 3. The molecule has 0 saturated heterocycles. The number of rotatable bonds is 24. The average Bonchev–Trinajstić information content (AvgIpc) is 2.82. The molecule has 3 atom stereocenters. The number of phosphoric acid groups is 1. The van der Waals surface area contributed by atoms with Crippen molar-refractivity contribution >= 4 is 13.8 Å². The molecule has 0 aromatic rings. The largest absolute Gasteiger partial charge is 0.472 e. The first-order chi connectivity index (χ1) is 16.3. The van der Waals surface area contributed by atoms with Gasteiger partial charge in [-0.2, -0.15) is 0 Å². The van der Waals surface area contributed by atoms with Gasteiger partial charge in [-0.05, 0) is 32.1 Å². The predicted molar refractivity (Wildman–Crippen MR) is 131 cm³/mol. The lowest BCUT2D eigenvalue weighted by Crippen LogP contribution is -2.24. The summed E-state index contributed by atoms with van der Waals surface area (Å²) in [4.78, 5) is 21.1. The number of hydrogen-bond donors (Lipinski definition) is 4. The summed E-state index contributed by atoms with van der Waals surface area (Å²) in [7, 11) is -4.48. The van der Waals surface area contributed by atoms with E-state index in [0.717, 1.165) is 32.1 Å². The maximum Gasteiger partial charge on any atom is 0.472 e. The Morgan fingerprint density at radius 2 is 1.29 bits per heavy atom. The zero-order valence-corrected chi connectivity index (χ0v) is 21.7. The topological polar surface area (TPSA) is 143 Å². The maximum absolute atomic E-state index is 11.7. The van der Waals surface area contributed by atoms with Crippen LogP contribution in [0.4, 0.5) is 0 Å². The highest BCUT2D eigenvalue weighted by Gasteiger charge is 2.24. The Balaban J connectivity index is 3.56. The number of phosphoric ester groups is 1.